The molecule has 0 saturated carbocycles. The zero-order chi connectivity index (χ0) is 15.5. The Morgan fingerprint density at radius 2 is 2.14 bits per heavy atom. The lowest BCUT2D eigenvalue weighted by molar-refractivity contribution is 0.117. The molecule has 0 aromatic carbocycles. The highest BCUT2D eigenvalue weighted by atomic mass is 32.2. The fourth-order valence-corrected chi connectivity index (χ4v) is 3.25. The van der Waals surface area contributed by atoms with Gasteiger partial charge in [-0.2, -0.15) is 0 Å². The number of hydrogen-bond acceptors (Lipinski definition) is 7. The summed E-state index contributed by atoms with van der Waals surface area (Å²) in [5.74, 6) is 5.62. The monoisotopic (exact) mass is 314 g/mol. The third-order valence-corrected chi connectivity index (χ3v) is 5.09. The number of anilines is 1. The summed E-state index contributed by atoms with van der Waals surface area (Å²) in [6.45, 7) is 3.14. The van der Waals surface area contributed by atoms with Gasteiger partial charge in [0.05, 0.1) is 0 Å². The molecular weight excluding hydrogens is 292 g/mol. The maximum atomic E-state index is 12.2. The van der Waals surface area contributed by atoms with Crippen molar-refractivity contribution < 1.29 is 8.42 Å². The lowest BCUT2D eigenvalue weighted by Gasteiger charge is -2.37. The van der Waals surface area contributed by atoms with Gasteiger partial charge in [0.25, 0.3) is 0 Å². The summed E-state index contributed by atoms with van der Waals surface area (Å²) in [5, 5.41) is 0. The molecule has 0 amide bonds. The third-order valence-electron chi connectivity index (χ3n) is 3.68. The fourth-order valence-electron chi connectivity index (χ4n) is 2.24. The maximum Gasteiger partial charge on any atom is 0.242 e. The Morgan fingerprint density at radius 1 is 1.38 bits per heavy atom. The molecule has 2 heterocycles. The smallest absolute Gasteiger partial charge is 0.242 e. The van der Waals surface area contributed by atoms with Crippen molar-refractivity contribution >= 4 is 15.8 Å². The van der Waals surface area contributed by atoms with E-state index in [1.54, 1.807) is 0 Å². The number of aromatic nitrogens is 1. The number of piperazine rings is 1. The largest absolute Gasteiger partial charge is 0.308 e. The highest BCUT2D eigenvalue weighted by Crippen LogP contribution is 2.11. The van der Waals surface area contributed by atoms with Gasteiger partial charge in [0.2, 0.25) is 10.0 Å². The van der Waals surface area contributed by atoms with Gasteiger partial charge in [0.1, 0.15) is 10.7 Å². The summed E-state index contributed by atoms with van der Waals surface area (Å²) >= 11 is 0. The number of nitrogen functional groups attached to an aromatic ring is 1. The number of hydrazine groups is 1. The van der Waals surface area contributed by atoms with Crippen LogP contribution in [0.25, 0.3) is 0 Å². The summed E-state index contributed by atoms with van der Waals surface area (Å²) in [6.07, 6.45) is 1.29. The number of nitrogens with one attached hydrogen (secondary N) is 2. The van der Waals surface area contributed by atoms with Gasteiger partial charge in [-0.15, -0.1) is 0 Å². The quantitative estimate of drug-likeness (QED) is 0.468. The first-order valence-corrected chi connectivity index (χ1v) is 8.22. The van der Waals surface area contributed by atoms with Gasteiger partial charge in [0, 0.05) is 38.4 Å². The van der Waals surface area contributed by atoms with Crippen LogP contribution in [0, 0.1) is 0 Å². The molecular formula is C12H22N6O2S. The van der Waals surface area contributed by atoms with E-state index >= 15 is 0 Å². The van der Waals surface area contributed by atoms with E-state index in [0.717, 1.165) is 19.6 Å². The zero-order valence-electron chi connectivity index (χ0n) is 12.3. The Hall–Kier alpha value is -1.26. The van der Waals surface area contributed by atoms with E-state index in [-0.39, 0.29) is 10.9 Å². The van der Waals surface area contributed by atoms with Crippen LogP contribution in [0.4, 0.5) is 5.82 Å². The number of sulfonamides is 1. The van der Waals surface area contributed by atoms with Crippen molar-refractivity contribution in [3.8, 4) is 0 Å². The van der Waals surface area contributed by atoms with Gasteiger partial charge in [-0.05, 0) is 26.2 Å². The van der Waals surface area contributed by atoms with Crippen molar-refractivity contribution in [2.24, 2.45) is 5.84 Å². The number of hydrogen-bond donors (Lipinski definition) is 3. The minimum Gasteiger partial charge on any atom is -0.308 e. The minimum absolute atomic E-state index is 0.133. The van der Waals surface area contributed by atoms with Gasteiger partial charge in [-0.25, -0.2) is 24.0 Å². The Labute approximate surface area is 125 Å². The topological polar surface area (TPSA) is 104 Å². The van der Waals surface area contributed by atoms with Gasteiger partial charge in [-0.1, -0.05) is 0 Å². The Bertz CT molecular complexity index is 562. The van der Waals surface area contributed by atoms with Gasteiger partial charge in [-0.3, -0.25) is 4.90 Å². The molecule has 0 bridgehead atoms. The Balaban J connectivity index is 2.00. The van der Waals surface area contributed by atoms with Crippen LogP contribution < -0.4 is 16.0 Å². The Morgan fingerprint density at radius 3 is 2.76 bits per heavy atom. The molecule has 0 spiro atoms. The van der Waals surface area contributed by atoms with Crippen molar-refractivity contribution in [3.05, 3.63) is 18.3 Å². The third kappa shape index (κ3) is 4.11. The van der Waals surface area contributed by atoms with E-state index in [0.29, 0.717) is 12.4 Å². The second-order valence-corrected chi connectivity index (χ2v) is 7.04. The van der Waals surface area contributed by atoms with E-state index < -0.39 is 10.0 Å². The van der Waals surface area contributed by atoms with Crippen molar-refractivity contribution in [3.63, 3.8) is 0 Å². The molecule has 8 nitrogen and oxygen atoms in total. The molecule has 118 valence electrons. The van der Waals surface area contributed by atoms with E-state index in [1.165, 1.54) is 18.3 Å². The van der Waals surface area contributed by atoms with Crippen LogP contribution in [0.15, 0.2) is 23.2 Å². The van der Waals surface area contributed by atoms with Crippen molar-refractivity contribution in [2.45, 2.75) is 10.9 Å². The summed E-state index contributed by atoms with van der Waals surface area (Å²) < 4.78 is 27.1. The van der Waals surface area contributed by atoms with E-state index in [2.05, 4.69) is 24.9 Å². The standard InChI is InChI=1S/C12H22N6O2S/c1-17-5-6-18(2)10(9-17)7-15-21(19,20)11-3-4-12(16-13)14-8-11/h3-4,8,10,15H,5-7,9,13H2,1-2H3,(H,14,16). The molecule has 2 rings (SSSR count). The van der Waals surface area contributed by atoms with E-state index in [1.807, 2.05) is 14.1 Å². The molecule has 21 heavy (non-hydrogen) atoms. The van der Waals surface area contributed by atoms with Crippen LogP contribution in [-0.2, 0) is 10.0 Å². The molecule has 1 aromatic rings. The molecule has 1 aliphatic rings. The molecule has 1 fully saturated rings. The highest BCUT2D eigenvalue weighted by molar-refractivity contribution is 7.89. The second-order valence-electron chi connectivity index (χ2n) is 5.27. The first-order chi connectivity index (χ1) is 9.92. The summed E-state index contributed by atoms with van der Waals surface area (Å²) in [6, 6.07) is 3.16. The van der Waals surface area contributed by atoms with Crippen molar-refractivity contribution in [1.82, 2.24) is 19.5 Å². The molecule has 9 heteroatoms. The molecule has 1 atom stereocenters. The second kappa shape index (κ2) is 6.67. The van der Waals surface area contributed by atoms with Crippen LogP contribution in [0.5, 0.6) is 0 Å². The van der Waals surface area contributed by atoms with Gasteiger partial charge < -0.3 is 10.3 Å². The predicted octanol–water partition coefficient (Wildman–Crippen LogP) is -1.11. The number of likely N-dealkylation sites (N-methyl/N-ethyl adjacent to an activating group) is 2. The van der Waals surface area contributed by atoms with Gasteiger partial charge >= 0.3 is 0 Å². The molecule has 4 N–H and O–H groups in total. The van der Waals surface area contributed by atoms with Crippen LogP contribution >= 0.6 is 0 Å². The van der Waals surface area contributed by atoms with Gasteiger partial charge in [0.15, 0.2) is 0 Å². The highest BCUT2D eigenvalue weighted by Gasteiger charge is 2.24. The first kappa shape index (κ1) is 16.1. The minimum atomic E-state index is -3.55. The molecule has 0 aliphatic carbocycles. The molecule has 1 aromatic heterocycles. The number of nitrogens with zero attached hydrogens (tertiary/aromatic N) is 3. The van der Waals surface area contributed by atoms with E-state index in [9.17, 15) is 8.42 Å². The Kier molecular flexibility index (Phi) is 5.12. The summed E-state index contributed by atoms with van der Waals surface area (Å²) in [5.41, 5.74) is 2.36. The maximum absolute atomic E-state index is 12.2. The summed E-state index contributed by atoms with van der Waals surface area (Å²) in [7, 11) is 0.496. The van der Waals surface area contributed by atoms with Crippen molar-refractivity contribution in [2.75, 3.05) is 45.7 Å². The lowest BCUT2D eigenvalue weighted by Crippen LogP contribution is -2.54. The zero-order valence-corrected chi connectivity index (χ0v) is 13.1. The predicted molar refractivity (Wildman–Crippen MR) is 81.2 cm³/mol. The SMILES string of the molecule is CN1CCN(C)C(CNS(=O)(=O)c2ccc(NN)nc2)C1. The molecule has 1 aliphatic heterocycles. The van der Waals surface area contributed by atoms with Crippen molar-refractivity contribution in [1.29, 1.82) is 0 Å². The normalized spacial score (nSPS) is 21.4. The van der Waals surface area contributed by atoms with Crippen LogP contribution in [0.1, 0.15) is 0 Å². The van der Waals surface area contributed by atoms with Crippen LogP contribution in [0.2, 0.25) is 0 Å². The number of rotatable bonds is 5. The number of nitrogens with two attached hydrogens (primary N) is 1. The van der Waals surface area contributed by atoms with E-state index in [4.69, 9.17) is 5.84 Å². The molecule has 1 unspecified atom stereocenters. The van der Waals surface area contributed by atoms with Crippen LogP contribution in [-0.4, -0.2) is 69.5 Å². The average molecular weight is 314 g/mol. The average Bonchev–Trinajstić information content (AvgIpc) is 2.48. The molecule has 1 saturated heterocycles. The lowest BCUT2D eigenvalue weighted by atomic mass is 10.2. The fraction of sp³-hybridized carbons (Fsp3) is 0.583. The number of pyridine rings is 1. The first-order valence-electron chi connectivity index (χ1n) is 6.73. The van der Waals surface area contributed by atoms with Crippen LogP contribution in [0.3, 0.4) is 0 Å². The molecule has 0 radical (unpaired) electrons. The summed E-state index contributed by atoms with van der Waals surface area (Å²) in [4.78, 5) is 8.41.